The van der Waals surface area contributed by atoms with Gasteiger partial charge in [0.1, 0.15) is 0 Å². The maximum Gasteiger partial charge on any atom is 0.283 e. The molecule has 3 nitrogen and oxygen atoms in total. The van der Waals surface area contributed by atoms with Gasteiger partial charge in [0, 0.05) is 13.1 Å². The van der Waals surface area contributed by atoms with Gasteiger partial charge >= 0.3 is 0 Å². The summed E-state index contributed by atoms with van der Waals surface area (Å²) in [6, 6.07) is 9.10. The summed E-state index contributed by atoms with van der Waals surface area (Å²) in [6.45, 7) is 3.48. The number of hydrogen-bond acceptors (Lipinski definition) is 2. The summed E-state index contributed by atoms with van der Waals surface area (Å²) in [5, 5.41) is 0. The molecule has 0 spiro atoms. The summed E-state index contributed by atoms with van der Waals surface area (Å²) in [5.74, 6) is -1.22. The van der Waals surface area contributed by atoms with E-state index in [0.717, 1.165) is 5.56 Å². The summed E-state index contributed by atoms with van der Waals surface area (Å²) in [6.07, 6.45) is 0. The fourth-order valence-corrected chi connectivity index (χ4v) is 1.88. The van der Waals surface area contributed by atoms with E-state index in [2.05, 4.69) is 0 Å². The predicted octanol–water partition coefficient (Wildman–Crippen LogP) is 2.25. The van der Waals surface area contributed by atoms with Crippen molar-refractivity contribution >= 4 is 11.5 Å². The van der Waals surface area contributed by atoms with Crippen molar-refractivity contribution in [3.05, 3.63) is 41.7 Å². The van der Waals surface area contributed by atoms with Crippen LogP contribution in [0, 0.1) is 0 Å². The van der Waals surface area contributed by atoms with Crippen LogP contribution in [0.2, 0.25) is 0 Å². The van der Waals surface area contributed by atoms with Gasteiger partial charge in [0.05, 0.1) is 13.2 Å². The van der Waals surface area contributed by atoms with Gasteiger partial charge in [-0.2, -0.15) is 0 Å². The average molecular weight is 249 g/mol. The molecule has 1 amide bonds. The third-order valence-electron chi connectivity index (χ3n) is 3.02. The van der Waals surface area contributed by atoms with Gasteiger partial charge in [0.15, 0.2) is 5.83 Å². The van der Waals surface area contributed by atoms with Crippen molar-refractivity contribution in [1.29, 1.82) is 0 Å². The number of carbonyl (C=O) groups excluding carboxylic acids is 1. The van der Waals surface area contributed by atoms with E-state index in [1.807, 2.05) is 18.2 Å². The Morgan fingerprint density at radius 2 is 1.83 bits per heavy atom. The second kappa shape index (κ2) is 5.78. The van der Waals surface area contributed by atoms with Gasteiger partial charge in [-0.25, -0.2) is 4.39 Å². The van der Waals surface area contributed by atoms with Crippen molar-refractivity contribution < 1.29 is 13.9 Å². The van der Waals surface area contributed by atoms with Gasteiger partial charge in [-0.15, -0.1) is 0 Å². The zero-order valence-corrected chi connectivity index (χ0v) is 10.4. The van der Waals surface area contributed by atoms with E-state index in [0.29, 0.717) is 31.9 Å². The predicted molar refractivity (Wildman–Crippen MR) is 67.5 cm³/mol. The van der Waals surface area contributed by atoms with Crippen LogP contribution < -0.4 is 0 Å². The highest BCUT2D eigenvalue weighted by atomic mass is 19.1. The lowest BCUT2D eigenvalue weighted by Crippen LogP contribution is -2.41. The molecule has 1 aromatic rings. The maximum atomic E-state index is 14.1. The van der Waals surface area contributed by atoms with Crippen LogP contribution in [0.5, 0.6) is 0 Å². The van der Waals surface area contributed by atoms with Gasteiger partial charge < -0.3 is 9.64 Å². The van der Waals surface area contributed by atoms with Crippen LogP contribution in [0.4, 0.5) is 4.39 Å². The molecule has 0 aliphatic carbocycles. The minimum Gasteiger partial charge on any atom is -0.378 e. The van der Waals surface area contributed by atoms with E-state index in [9.17, 15) is 9.18 Å². The Morgan fingerprint density at radius 1 is 1.22 bits per heavy atom. The zero-order chi connectivity index (χ0) is 13.0. The van der Waals surface area contributed by atoms with Crippen LogP contribution in [-0.4, -0.2) is 37.1 Å². The van der Waals surface area contributed by atoms with Gasteiger partial charge in [0.25, 0.3) is 5.91 Å². The van der Waals surface area contributed by atoms with E-state index in [4.69, 9.17) is 4.74 Å². The number of amides is 1. The first-order valence-electron chi connectivity index (χ1n) is 5.99. The molecule has 1 aliphatic heterocycles. The lowest BCUT2D eigenvalue weighted by Gasteiger charge is -2.26. The SMILES string of the molecule is C/C(=C(\F)C(=O)N1CCOCC1)c1ccccc1. The smallest absolute Gasteiger partial charge is 0.283 e. The lowest BCUT2D eigenvalue weighted by molar-refractivity contribution is -0.132. The number of hydrogen-bond donors (Lipinski definition) is 0. The Bertz CT molecular complexity index is 450. The molecule has 1 fully saturated rings. The van der Waals surface area contributed by atoms with Crippen LogP contribution >= 0.6 is 0 Å². The van der Waals surface area contributed by atoms with Crippen molar-refractivity contribution in [1.82, 2.24) is 4.90 Å². The minimum atomic E-state index is -0.678. The monoisotopic (exact) mass is 249 g/mol. The molecule has 1 heterocycles. The van der Waals surface area contributed by atoms with Crippen molar-refractivity contribution in [2.24, 2.45) is 0 Å². The topological polar surface area (TPSA) is 29.5 Å². The molecule has 96 valence electrons. The largest absolute Gasteiger partial charge is 0.378 e. The first-order valence-corrected chi connectivity index (χ1v) is 5.99. The van der Waals surface area contributed by atoms with Crippen molar-refractivity contribution in [3.63, 3.8) is 0 Å². The van der Waals surface area contributed by atoms with Gasteiger partial charge in [-0.3, -0.25) is 4.79 Å². The van der Waals surface area contributed by atoms with E-state index in [1.54, 1.807) is 19.1 Å². The highest BCUT2D eigenvalue weighted by Crippen LogP contribution is 2.20. The standard InChI is InChI=1S/C14H16FNO2/c1-11(12-5-3-2-4-6-12)13(15)14(17)16-7-9-18-10-8-16/h2-6H,7-10H2,1H3/b13-11+. The molecule has 4 heteroatoms. The van der Waals surface area contributed by atoms with E-state index in [-0.39, 0.29) is 0 Å². The molecule has 0 aromatic heterocycles. The summed E-state index contributed by atoms with van der Waals surface area (Å²) >= 11 is 0. The van der Waals surface area contributed by atoms with E-state index >= 15 is 0 Å². The Kier molecular flexibility index (Phi) is 4.10. The Balaban J connectivity index is 2.18. The number of morpholine rings is 1. The highest BCUT2D eigenvalue weighted by molar-refractivity contribution is 5.98. The molecule has 0 radical (unpaired) electrons. The Hall–Kier alpha value is -1.68. The number of allylic oxidation sites excluding steroid dienone is 1. The number of halogens is 1. The quantitative estimate of drug-likeness (QED) is 0.752. The lowest BCUT2D eigenvalue weighted by atomic mass is 10.1. The second-order valence-electron chi connectivity index (χ2n) is 4.21. The fourth-order valence-electron chi connectivity index (χ4n) is 1.88. The third-order valence-corrected chi connectivity index (χ3v) is 3.02. The maximum absolute atomic E-state index is 14.1. The number of carbonyl (C=O) groups is 1. The van der Waals surface area contributed by atoms with Gasteiger partial charge in [0.2, 0.25) is 0 Å². The van der Waals surface area contributed by atoms with Crippen LogP contribution in [0.3, 0.4) is 0 Å². The van der Waals surface area contributed by atoms with E-state index in [1.165, 1.54) is 4.90 Å². The normalized spacial score (nSPS) is 17.3. The number of benzene rings is 1. The van der Waals surface area contributed by atoms with Crippen molar-refractivity contribution in [3.8, 4) is 0 Å². The summed E-state index contributed by atoms with van der Waals surface area (Å²) < 4.78 is 19.3. The number of rotatable bonds is 2. The fraction of sp³-hybridized carbons (Fsp3) is 0.357. The first kappa shape index (κ1) is 12.8. The first-order chi connectivity index (χ1) is 8.70. The van der Waals surface area contributed by atoms with Gasteiger partial charge in [-0.05, 0) is 18.1 Å². The molecule has 1 aliphatic rings. The van der Waals surface area contributed by atoms with Crippen LogP contribution in [-0.2, 0) is 9.53 Å². The van der Waals surface area contributed by atoms with E-state index < -0.39 is 11.7 Å². The average Bonchev–Trinajstić information content (AvgIpc) is 2.47. The number of nitrogens with zero attached hydrogens (tertiary/aromatic N) is 1. The Labute approximate surface area is 106 Å². The summed E-state index contributed by atoms with van der Waals surface area (Å²) in [5.41, 5.74) is 1.11. The Morgan fingerprint density at radius 3 is 2.44 bits per heavy atom. The molecule has 2 rings (SSSR count). The third kappa shape index (κ3) is 2.76. The molecule has 0 bridgehead atoms. The molecule has 0 atom stereocenters. The second-order valence-corrected chi connectivity index (χ2v) is 4.21. The summed E-state index contributed by atoms with van der Waals surface area (Å²) in [7, 11) is 0. The number of ether oxygens (including phenoxy) is 1. The molecular weight excluding hydrogens is 233 g/mol. The highest BCUT2D eigenvalue weighted by Gasteiger charge is 2.22. The molecule has 0 N–H and O–H groups in total. The minimum absolute atomic E-state index is 0.382. The summed E-state index contributed by atoms with van der Waals surface area (Å²) in [4.78, 5) is 13.4. The van der Waals surface area contributed by atoms with Gasteiger partial charge in [-0.1, -0.05) is 30.3 Å². The molecule has 0 unspecified atom stereocenters. The van der Waals surface area contributed by atoms with Crippen molar-refractivity contribution in [2.75, 3.05) is 26.3 Å². The molecule has 18 heavy (non-hydrogen) atoms. The molecule has 0 saturated carbocycles. The van der Waals surface area contributed by atoms with Crippen LogP contribution in [0.15, 0.2) is 36.2 Å². The molecule has 1 aromatic carbocycles. The van der Waals surface area contributed by atoms with Crippen molar-refractivity contribution in [2.45, 2.75) is 6.92 Å². The molecular formula is C14H16FNO2. The van der Waals surface area contributed by atoms with Crippen LogP contribution in [0.25, 0.3) is 5.57 Å². The van der Waals surface area contributed by atoms with Crippen LogP contribution in [0.1, 0.15) is 12.5 Å². The molecule has 1 saturated heterocycles. The zero-order valence-electron chi connectivity index (χ0n) is 10.4.